The zero-order chi connectivity index (χ0) is 28.5. The Kier molecular flexibility index (Phi) is 9.66. The molecule has 4 atom stereocenters. The molecule has 0 aliphatic heterocycles. The molecule has 0 saturated carbocycles. The largest absolute Gasteiger partial charge is 0.387 e. The second-order valence-corrected chi connectivity index (χ2v) is 9.07. The summed E-state index contributed by atoms with van der Waals surface area (Å²) in [5.41, 5.74) is 15.6. The van der Waals surface area contributed by atoms with Crippen molar-refractivity contribution in [2.45, 2.75) is 37.6 Å². The minimum absolute atomic E-state index is 0.0927. The standard InChI is InChI=1S/C30H30N4O6/c31-29(37)27(39-17-19-7-11-21(12-8-19)23-5-1-3-15-33-23)25(35)26(36)28(30(32)38)40-18-20-9-13-22(14-10-20)24-6-2-4-16-34-24/h1-16,25-28,35-36H,17-18H2,(H2,31,37)(H2,32,38). The van der Waals surface area contributed by atoms with Gasteiger partial charge in [-0.05, 0) is 35.4 Å². The Morgan fingerprint density at radius 2 is 1.00 bits per heavy atom. The van der Waals surface area contributed by atoms with Crippen molar-refractivity contribution >= 4 is 11.8 Å². The molecule has 0 aliphatic carbocycles. The number of aliphatic hydroxyl groups is 2. The predicted octanol–water partition coefficient (Wildman–Crippen LogP) is 1.97. The summed E-state index contributed by atoms with van der Waals surface area (Å²) in [7, 11) is 0. The van der Waals surface area contributed by atoms with Crippen LogP contribution in [0.15, 0.2) is 97.3 Å². The molecule has 206 valence electrons. The van der Waals surface area contributed by atoms with Crippen LogP contribution in [-0.4, -0.2) is 56.4 Å². The summed E-state index contributed by atoms with van der Waals surface area (Å²) >= 11 is 0. The van der Waals surface area contributed by atoms with Gasteiger partial charge in [-0.25, -0.2) is 0 Å². The van der Waals surface area contributed by atoms with Crippen LogP contribution in [0.1, 0.15) is 11.1 Å². The van der Waals surface area contributed by atoms with E-state index < -0.39 is 36.2 Å². The van der Waals surface area contributed by atoms with Crippen molar-refractivity contribution in [2.75, 3.05) is 0 Å². The summed E-state index contributed by atoms with van der Waals surface area (Å²) in [5.74, 6) is -2.05. The van der Waals surface area contributed by atoms with Crippen LogP contribution in [0.3, 0.4) is 0 Å². The predicted molar refractivity (Wildman–Crippen MR) is 147 cm³/mol. The fourth-order valence-electron chi connectivity index (χ4n) is 4.04. The first kappa shape index (κ1) is 28.5. The summed E-state index contributed by atoms with van der Waals surface area (Å²) in [6.07, 6.45) is -3.64. The van der Waals surface area contributed by atoms with Gasteiger partial charge < -0.3 is 31.2 Å². The highest BCUT2D eigenvalue weighted by molar-refractivity contribution is 5.81. The number of aromatic nitrogens is 2. The molecule has 6 N–H and O–H groups in total. The first-order valence-electron chi connectivity index (χ1n) is 12.5. The minimum Gasteiger partial charge on any atom is -0.387 e. The number of ether oxygens (including phenoxy) is 2. The van der Waals surface area contributed by atoms with E-state index in [0.717, 1.165) is 22.5 Å². The summed E-state index contributed by atoms with van der Waals surface area (Å²) in [5, 5.41) is 21.4. The van der Waals surface area contributed by atoms with Crippen LogP contribution in [0.5, 0.6) is 0 Å². The highest BCUT2D eigenvalue weighted by Crippen LogP contribution is 2.20. The molecule has 10 nitrogen and oxygen atoms in total. The zero-order valence-corrected chi connectivity index (χ0v) is 21.5. The molecule has 0 aliphatic rings. The molecule has 2 amide bonds. The molecule has 0 spiro atoms. The highest BCUT2D eigenvalue weighted by Gasteiger charge is 2.39. The summed E-state index contributed by atoms with van der Waals surface area (Å²) in [4.78, 5) is 32.8. The fraction of sp³-hybridized carbons (Fsp3) is 0.200. The van der Waals surface area contributed by atoms with Crippen LogP contribution in [0.25, 0.3) is 22.5 Å². The lowest BCUT2D eigenvalue weighted by Gasteiger charge is -2.29. The Bertz CT molecular complexity index is 1280. The zero-order valence-electron chi connectivity index (χ0n) is 21.5. The maximum Gasteiger partial charge on any atom is 0.249 e. The van der Waals surface area contributed by atoms with Crippen LogP contribution < -0.4 is 11.5 Å². The average Bonchev–Trinajstić information content (AvgIpc) is 2.98. The molecule has 2 heterocycles. The molecule has 4 rings (SSSR count). The Morgan fingerprint density at radius 3 is 1.30 bits per heavy atom. The van der Waals surface area contributed by atoms with Gasteiger partial charge in [0, 0.05) is 23.5 Å². The lowest BCUT2D eigenvalue weighted by molar-refractivity contribution is -0.167. The SMILES string of the molecule is NC(=O)C(OCc1ccc(-c2ccccn2)cc1)C(O)C(O)C(OCc1ccc(-c2ccccn2)cc1)C(N)=O. The first-order valence-corrected chi connectivity index (χ1v) is 12.5. The molecule has 0 saturated heterocycles. The van der Waals surface area contributed by atoms with Gasteiger partial charge in [-0.1, -0.05) is 60.7 Å². The van der Waals surface area contributed by atoms with Gasteiger partial charge in [-0.15, -0.1) is 0 Å². The Labute approximate surface area is 231 Å². The normalized spacial score (nSPS) is 14.2. The van der Waals surface area contributed by atoms with Crippen LogP contribution in [-0.2, 0) is 32.3 Å². The highest BCUT2D eigenvalue weighted by atomic mass is 16.5. The first-order chi connectivity index (χ1) is 19.3. The number of aliphatic hydroxyl groups excluding tert-OH is 2. The molecular weight excluding hydrogens is 512 g/mol. The minimum atomic E-state index is -1.88. The van der Waals surface area contributed by atoms with Crippen molar-refractivity contribution in [3.05, 3.63) is 108 Å². The monoisotopic (exact) mass is 542 g/mol. The topological polar surface area (TPSA) is 171 Å². The maximum absolute atomic E-state index is 12.1. The number of carbonyl (C=O) groups excluding carboxylic acids is 2. The van der Waals surface area contributed by atoms with E-state index >= 15 is 0 Å². The van der Waals surface area contributed by atoms with Gasteiger partial charge in [0.1, 0.15) is 12.2 Å². The fourth-order valence-corrected chi connectivity index (χ4v) is 4.04. The molecule has 0 bridgehead atoms. The number of carbonyl (C=O) groups is 2. The molecule has 0 radical (unpaired) electrons. The van der Waals surface area contributed by atoms with Crippen molar-refractivity contribution in [3.63, 3.8) is 0 Å². The summed E-state index contributed by atoms with van der Waals surface area (Å²) < 4.78 is 11.1. The van der Waals surface area contributed by atoms with E-state index in [9.17, 15) is 19.8 Å². The van der Waals surface area contributed by atoms with E-state index in [1.165, 1.54) is 0 Å². The molecule has 40 heavy (non-hydrogen) atoms. The van der Waals surface area contributed by atoms with Crippen molar-refractivity contribution in [2.24, 2.45) is 11.5 Å². The second kappa shape index (κ2) is 13.5. The molecule has 2 aromatic carbocycles. The van der Waals surface area contributed by atoms with E-state index in [1.54, 1.807) is 36.7 Å². The van der Waals surface area contributed by atoms with E-state index in [2.05, 4.69) is 9.97 Å². The number of pyridine rings is 2. The number of amides is 2. The number of primary amides is 2. The van der Waals surface area contributed by atoms with Crippen LogP contribution in [0.4, 0.5) is 0 Å². The van der Waals surface area contributed by atoms with Gasteiger partial charge in [0.2, 0.25) is 11.8 Å². The third-order valence-corrected chi connectivity index (χ3v) is 6.22. The number of nitrogens with zero attached hydrogens (tertiary/aromatic N) is 2. The number of hydrogen-bond donors (Lipinski definition) is 4. The third-order valence-electron chi connectivity index (χ3n) is 6.22. The molecule has 0 fully saturated rings. The van der Waals surface area contributed by atoms with Gasteiger partial charge in [-0.2, -0.15) is 0 Å². The average molecular weight is 543 g/mol. The molecule has 10 heteroatoms. The number of nitrogens with two attached hydrogens (primary N) is 2. The van der Waals surface area contributed by atoms with Gasteiger partial charge >= 0.3 is 0 Å². The van der Waals surface area contributed by atoms with Gasteiger partial charge in [0.15, 0.2) is 12.2 Å². The maximum atomic E-state index is 12.1. The van der Waals surface area contributed by atoms with Crippen LogP contribution in [0, 0.1) is 0 Å². The Balaban J connectivity index is 1.36. The second-order valence-electron chi connectivity index (χ2n) is 9.07. The van der Waals surface area contributed by atoms with Gasteiger partial charge in [0.25, 0.3) is 0 Å². The molecular formula is C30H30N4O6. The van der Waals surface area contributed by atoms with Gasteiger partial charge in [0.05, 0.1) is 24.6 Å². The molecule has 2 aromatic heterocycles. The number of hydrogen-bond acceptors (Lipinski definition) is 8. The number of benzene rings is 2. The van der Waals surface area contributed by atoms with E-state index in [-0.39, 0.29) is 13.2 Å². The van der Waals surface area contributed by atoms with Gasteiger partial charge in [-0.3, -0.25) is 19.6 Å². The lowest BCUT2D eigenvalue weighted by Crippen LogP contribution is -2.54. The third kappa shape index (κ3) is 7.33. The quantitative estimate of drug-likeness (QED) is 0.199. The van der Waals surface area contributed by atoms with Crippen LogP contribution >= 0.6 is 0 Å². The van der Waals surface area contributed by atoms with Crippen molar-refractivity contribution in [3.8, 4) is 22.5 Å². The molecule has 4 aromatic rings. The number of rotatable bonds is 13. The lowest BCUT2D eigenvalue weighted by atomic mass is 10.0. The Morgan fingerprint density at radius 1 is 0.625 bits per heavy atom. The smallest absolute Gasteiger partial charge is 0.249 e. The van der Waals surface area contributed by atoms with Crippen molar-refractivity contribution in [1.29, 1.82) is 0 Å². The van der Waals surface area contributed by atoms with Crippen molar-refractivity contribution in [1.82, 2.24) is 9.97 Å². The van der Waals surface area contributed by atoms with Crippen molar-refractivity contribution < 1.29 is 29.3 Å². The van der Waals surface area contributed by atoms with E-state index in [1.807, 2.05) is 60.7 Å². The summed E-state index contributed by atoms with van der Waals surface area (Å²) in [6, 6.07) is 25.6. The summed E-state index contributed by atoms with van der Waals surface area (Å²) in [6.45, 7) is -0.185. The molecule has 4 unspecified atom stereocenters. The van der Waals surface area contributed by atoms with E-state index in [0.29, 0.717) is 11.1 Å². The van der Waals surface area contributed by atoms with Crippen LogP contribution in [0.2, 0.25) is 0 Å². The Hall–Kier alpha value is -4.48. The van der Waals surface area contributed by atoms with E-state index in [4.69, 9.17) is 20.9 Å².